The average molecular weight is 335 g/mol. The van der Waals surface area contributed by atoms with Crippen LogP contribution in [0.3, 0.4) is 0 Å². The Kier molecular flexibility index (Phi) is 5.70. The van der Waals surface area contributed by atoms with Gasteiger partial charge in [0, 0.05) is 18.9 Å². The number of ether oxygens (including phenoxy) is 3. The molecule has 1 aromatic carbocycles. The summed E-state index contributed by atoms with van der Waals surface area (Å²) in [6, 6.07) is 6.98. The number of carbonyl (C=O) groups excluding carboxylic acids is 2. The molecule has 1 N–H and O–H groups in total. The lowest BCUT2D eigenvalue weighted by atomic mass is 9.89. The fourth-order valence-corrected chi connectivity index (χ4v) is 2.36. The van der Waals surface area contributed by atoms with E-state index in [1.165, 1.54) is 0 Å². The maximum Gasteiger partial charge on any atom is 0.407 e. The molecule has 0 aliphatic heterocycles. The molecule has 1 fully saturated rings. The maximum atomic E-state index is 11.7. The molecule has 0 heterocycles. The van der Waals surface area contributed by atoms with Crippen molar-refractivity contribution in [3.63, 3.8) is 0 Å². The predicted octanol–water partition coefficient (Wildman–Crippen LogP) is 3.30. The molecule has 24 heavy (non-hydrogen) atoms. The normalized spacial score (nSPS) is 19.8. The van der Waals surface area contributed by atoms with Crippen LogP contribution in [0.15, 0.2) is 24.3 Å². The Hall–Kier alpha value is -2.24. The lowest BCUT2D eigenvalue weighted by Gasteiger charge is -2.36. The Morgan fingerprint density at radius 3 is 2.58 bits per heavy atom. The first-order valence-corrected chi connectivity index (χ1v) is 8.20. The third-order valence-corrected chi connectivity index (χ3v) is 3.46. The first kappa shape index (κ1) is 18.1. The van der Waals surface area contributed by atoms with Crippen LogP contribution in [-0.4, -0.2) is 36.4 Å². The van der Waals surface area contributed by atoms with Gasteiger partial charge in [-0.15, -0.1) is 0 Å². The van der Waals surface area contributed by atoms with Crippen molar-refractivity contribution in [3.8, 4) is 5.75 Å². The zero-order valence-corrected chi connectivity index (χ0v) is 14.6. The highest BCUT2D eigenvalue weighted by atomic mass is 16.6. The van der Waals surface area contributed by atoms with Crippen molar-refractivity contribution < 1.29 is 23.8 Å². The van der Waals surface area contributed by atoms with Gasteiger partial charge < -0.3 is 19.5 Å². The largest absolute Gasteiger partial charge is 0.490 e. The number of rotatable bonds is 5. The van der Waals surface area contributed by atoms with E-state index in [-0.39, 0.29) is 18.1 Å². The first-order valence-electron chi connectivity index (χ1n) is 8.20. The number of benzene rings is 1. The van der Waals surface area contributed by atoms with E-state index >= 15 is 0 Å². The molecule has 1 amide bonds. The topological polar surface area (TPSA) is 73.9 Å². The Morgan fingerprint density at radius 2 is 1.96 bits per heavy atom. The highest BCUT2D eigenvalue weighted by molar-refractivity contribution is 5.89. The number of carbonyl (C=O) groups is 2. The van der Waals surface area contributed by atoms with Gasteiger partial charge in [-0.25, -0.2) is 9.59 Å². The molecule has 1 saturated carbocycles. The van der Waals surface area contributed by atoms with Gasteiger partial charge in [0.1, 0.15) is 17.5 Å². The summed E-state index contributed by atoms with van der Waals surface area (Å²) in [4.78, 5) is 23.4. The van der Waals surface area contributed by atoms with Crippen molar-refractivity contribution in [2.45, 2.75) is 58.3 Å². The summed E-state index contributed by atoms with van der Waals surface area (Å²) in [5.41, 5.74) is -0.0332. The summed E-state index contributed by atoms with van der Waals surface area (Å²) in [7, 11) is 0. The summed E-state index contributed by atoms with van der Waals surface area (Å²) < 4.78 is 16.0. The molecular weight excluding hydrogens is 310 g/mol. The molecule has 0 atom stereocenters. The fourth-order valence-electron chi connectivity index (χ4n) is 2.36. The molecule has 1 aromatic rings. The Morgan fingerprint density at radius 1 is 1.25 bits per heavy atom. The predicted molar refractivity (Wildman–Crippen MR) is 89.2 cm³/mol. The van der Waals surface area contributed by atoms with Gasteiger partial charge >= 0.3 is 12.1 Å². The molecule has 0 unspecified atom stereocenters. The van der Waals surface area contributed by atoms with Crippen LogP contribution in [0.2, 0.25) is 0 Å². The van der Waals surface area contributed by atoms with E-state index in [2.05, 4.69) is 5.32 Å². The monoisotopic (exact) mass is 335 g/mol. The van der Waals surface area contributed by atoms with Crippen molar-refractivity contribution in [2.24, 2.45) is 0 Å². The quantitative estimate of drug-likeness (QED) is 0.836. The lowest BCUT2D eigenvalue weighted by Crippen LogP contribution is -2.50. The fraction of sp³-hybridized carbons (Fsp3) is 0.556. The third kappa shape index (κ3) is 5.44. The smallest absolute Gasteiger partial charge is 0.407 e. The van der Waals surface area contributed by atoms with Gasteiger partial charge in [0.2, 0.25) is 0 Å². The molecule has 2 rings (SSSR count). The summed E-state index contributed by atoms with van der Waals surface area (Å²) in [6.45, 7) is 7.59. The number of hydrogen-bond donors (Lipinski definition) is 1. The minimum Gasteiger partial charge on any atom is -0.490 e. The van der Waals surface area contributed by atoms with E-state index in [1.807, 2.05) is 20.8 Å². The SMILES string of the molecule is CCOC(=O)c1cccc(OC2CC(NC(=O)OC(C)(C)C)C2)c1. The Bertz CT molecular complexity index is 587. The molecule has 0 bridgehead atoms. The second-order valence-corrected chi connectivity index (χ2v) is 6.80. The summed E-state index contributed by atoms with van der Waals surface area (Å²) in [5, 5.41) is 2.82. The van der Waals surface area contributed by atoms with Crippen LogP contribution in [0.25, 0.3) is 0 Å². The van der Waals surface area contributed by atoms with Gasteiger partial charge in [0.15, 0.2) is 0 Å². The number of amides is 1. The molecule has 0 aromatic heterocycles. The van der Waals surface area contributed by atoms with Gasteiger partial charge in [-0.3, -0.25) is 0 Å². The molecule has 132 valence electrons. The highest BCUT2D eigenvalue weighted by Gasteiger charge is 2.33. The second kappa shape index (κ2) is 7.55. The number of alkyl carbamates (subject to hydrolysis) is 1. The van der Waals surface area contributed by atoms with Gasteiger partial charge in [0.25, 0.3) is 0 Å². The number of hydrogen-bond acceptors (Lipinski definition) is 5. The Balaban J connectivity index is 1.78. The van der Waals surface area contributed by atoms with Crippen LogP contribution in [0.4, 0.5) is 4.79 Å². The minimum atomic E-state index is -0.503. The molecular formula is C18H25NO5. The number of nitrogens with one attached hydrogen (secondary N) is 1. The van der Waals surface area contributed by atoms with Crippen LogP contribution >= 0.6 is 0 Å². The van der Waals surface area contributed by atoms with Crippen LogP contribution in [0, 0.1) is 0 Å². The van der Waals surface area contributed by atoms with E-state index in [9.17, 15) is 9.59 Å². The standard InChI is InChI=1S/C18H25NO5/c1-5-22-16(20)12-7-6-8-14(9-12)23-15-10-13(11-15)19-17(21)24-18(2,3)4/h6-9,13,15H,5,10-11H2,1-4H3,(H,19,21). The van der Waals surface area contributed by atoms with Gasteiger partial charge in [-0.05, 0) is 45.9 Å². The maximum absolute atomic E-state index is 11.7. The second-order valence-electron chi connectivity index (χ2n) is 6.80. The van der Waals surface area contributed by atoms with E-state index in [1.54, 1.807) is 31.2 Å². The van der Waals surface area contributed by atoms with Crippen LogP contribution in [-0.2, 0) is 9.47 Å². The van der Waals surface area contributed by atoms with Crippen LogP contribution in [0.1, 0.15) is 50.9 Å². The lowest BCUT2D eigenvalue weighted by molar-refractivity contribution is 0.0359. The molecule has 0 saturated heterocycles. The average Bonchev–Trinajstić information content (AvgIpc) is 2.43. The van der Waals surface area contributed by atoms with E-state index in [0.29, 0.717) is 30.8 Å². The molecule has 0 radical (unpaired) electrons. The molecule has 6 heteroatoms. The van der Waals surface area contributed by atoms with E-state index < -0.39 is 11.7 Å². The zero-order valence-electron chi connectivity index (χ0n) is 14.6. The van der Waals surface area contributed by atoms with Crippen LogP contribution < -0.4 is 10.1 Å². The third-order valence-electron chi connectivity index (χ3n) is 3.46. The molecule has 6 nitrogen and oxygen atoms in total. The van der Waals surface area contributed by atoms with Gasteiger partial charge in [-0.2, -0.15) is 0 Å². The van der Waals surface area contributed by atoms with Crippen molar-refractivity contribution in [2.75, 3.05) is 6.61 Å². The minimum absolute atomic E-state index is 0.0161. The van der Waals surface area contributed by atoms with Crippen molar-refractivity contribution in [1.82, 2.24) is 5.32 Å². The van der Waals surface area contributed by atoms with Crippen molar-refractivity contribution in [1.29, 1.82) is 0 Å². The Labute approximate surface area is 142 Å². The van der Waals surface area contributed by atoms with Gasteiger partial charge in [-0.1, -0.05) is 6.07 Å². The van der Waals surface area contributed by atoms with E-state index in [4.69, 9.17) is 14.2 Å². The van der Waals surface area contributed by atoms with Gasteiger partial charge in [0.05, 0.1) is 12.2 Å². The van der Waals surface area contributed by atoms with Crippen LogP contribution in [0.5, 0.6) is 5.75 Å². The summed E-state index contributed by atoms with van der Waals surface area (Å²) in [5.74, 6) is 0.266. The first-order chi connectivity index (χ1) is 11.3. The highest BCUT2D eigenvalue weighted by Crippen LogP contribution is 2.27. The summed E-state index contributed by atoms with van der Waals surface area (Å²) in [6.07, 6.45) is 1.03. The number of esters is 1. The summed E-state index contributed by atoms with van der Waals surface area (Å²) >= 11 is 0. The van der Waals surface area contributed by atoms with E-state index in [0.717, 1.165) is 0 Å². The molecule has 1 aliphatic carbocycles. The van der Waals surface area contributed by atoms with Crippen molar-refractivity contribution in [3.05, 3.63) is 29.8 Å². The zero-order chi connectivity index (χ0) is 17.7. The van der Waals surface area contributed by atoms with Crippen molar-refractivity contribution >= 4 is 12.1 Å². The molecule has 0 spiro atoms. The molecule has 1 aliphatic rings.